The summed E-state index contributed by atoms with van der Waals surface area (Å²) in [7, 11) is 0. The van der Waals surface area contributed by atoms with Gasteiger partial charge in [-0.25, -0.2) is 0 Å². The number of rotatable bonds is 16. The number of imide groups is 1. The van der Waals surface area contributed by atoms with Gasteiger partial charge in [-0.15, -0.1) is 0 Å². The van der Waals surface area contributed by atoms with Crippen molar-refractivity contribution >= 4 is 11.8 Å². The lowest BCUT2D eigenvalue weighted by Crippen LogP contribution is -2.42. The number of benzene rings is 1. The van der Waals surface area contributed by atoms with Crippen LogP contribution in [-0.2, 0) is 0 Å². The van der Waals surface area contributed by atoms with Crippen LogP contribution in [0.5, 0.6) is 0 Å². The Morgan fingerprint density at radius 3 is 1.87 bits per heavy atom. The molecular weight excluding hydrogens is 386 g/mol. The molecule has 0 radical (unpaired) electrons. The number of fused-ring (bicyclic) bond motifs is 1. The first-order valence-electron chi connectivity index (χ1n) is 12.5. The first-order chi connectivity index (χ1) is 15.1. The topological polar surface area (TPSA) is 43.9 Å². The van der Waals surface area contributed by atoms with Gasteiger partial charge in [-0.1, -0.05) is 46.2 Å². The number of carbonyl (C=O) groups is 2. The quantitative estimate of drug-likeness (QED) is 0.272. The summed E-state index contributed by atoms with van der Waals surface area (Å²) in [5, 5.41) is 0. The molecule has 174 valence electrons. The van der Waals surface area contributed by atoms with E-state index in [1.807, 2.05) is 12.1 Å². The van der Waals surface area contributed by atoms with Crippen LogP contribution in [0.2, 0.25) is 0 Å². The number of unbranched alkanes of at least 4 members (excludes halogenated alkanes) is 1. The van der Waals surface area contributed by atoms with E-state index in [-0.39, 0.29) is 11.8 Å². The van der Waals surface area contributed by atoms with Crippen LogP contribution < -0.4 is 0 Å². The van der Waals surface area contributed by atoms with Crippen molar-refractivity contribution in [3.63, 3.8) is 0 Å². The van der Waals surface area contributed by atoms with E-state index in [1.165, 1.54) is 37.3 Å². The summed E-state index contributed by atoms with van der Waals surface area (Å²) in [6, 6.07) is 7.73. The van der Waals surface area contributed by atoms with E-state index in [0.717, 1.165) is 45.3 Å². The number of hydrogen-bond acceptors (Lipinski definition) is 4. The highest BCUT2D eigenvalue weighted by Crippen LogP contribution is 2.23. The van der Waals surface area contributed by atoms with Gasteiger partial charge >= 0.3 is 0 Å². The summed E-state index contributed by atoms with van der Waals surface area (Å²) in [6.45, 7) is 15.4. The molecule has 2 amide bonds. The molecule has 1 atom stereocenters. The highest BCUT2D eigenvalue weighted by molar-refractivity contribution is 6.21. The fraction of sp³-hybridized carbons (Fsp3) is 0.692. The Kier molecular flexibility index (Phi) is 11.2. The van der Waals surface area contributed by atoms with Crippen LogP contribution in [0.4, 0.5) is 0 Å². The molecule has 5 nitrogen and oxygen atoms in total. The Bertz CT molecular complexity index is 650. The Balaban J connectivity index is 1.82. The maximum atomic E-state index is 12.5. The molecule has 1 unspecified atom stereocenters. The van der Waals surface area contributed by atoms with Crippen molar-refractivity contribution in [3.05, 3.63) is 35.4 Å². The first-order valence-corrected chi connectivity index (χ1v) is 12.5. The SMILES string of the molecule is CCCN(CCC)CCN(CCC)C(CC)CCCCN1C(=O)c2ccccc2C1=O. The van der Waals surface area contributed by atoms with Crippen LogP contribution >= 0.6 is 0 Å². The molecule has 0 bridgehead atoms. The zero-order valence-electron chi connectivity index (χ0n) is 20.2. The summed E-state index contributed by atoms with van der Waals surface area (Å²) < 4.78 is 0. The van der Waals surface area contributed by atoms with E-state index in [9.17, 15) is 9.59 Å². The molecule has 0 N–H and O–H groups in total. The zero-order valence-corrected chi connectivity index (χ0v) is 20.2. The first kappa shape index (κ1) is 25.5. The standard InChI is InChI=1S/C26H43N3O2/c1-5-16-27(17-6-2)20-21-28(18-7-3)22(8-4)13-11-12-19-29-25(30)23-14-9-10-15-24(23)26(29)31/h9-10,14-15,22H,5-8,11-13,16-21H2,1-4H3. The van der Waals surface area contributed by atoms with Crippen LogP contribution in [0.25, 0.3) is 0 Å². The molecule has 5 heteroatoms. The molecule has 31 heavy (non-hydrogen) atoms. The molecular formula is C26H43N3O2. The van der Waals surface area contributed by atoms with Gasteiger partial charge < -0.3 is 4.90 Å². The summed E-state index contributed by atoms with van der Waals surface area (Å²) in [6.07, 6.45) is 7.79. The van der Waals surface area contributed by atoms with Crippen LogP contribution in [0.3, 0.4) is 0 Å². The molecule has 1 heterocycles. The highest BCUT2D eigenvalue weighted by Gasteiger charge is 2.34. The lowest BCUT2D eigenvalue weighted by molar-refractivity contribution is 0.0650. The normalized spacial score (nSPS) is 14.7. The van der Waals surface area contributed by atoms with E-state index >= 15 is 0 Å². The van der Waals surface area contributed by atoms with Gasteiger partial charge in [-0.2, -0.15) is 0 Å². The van der Waals surface area contributed by atoms with Crippen LogP contribution in [0.1, 0.15) is 93.4 Å². The van der Waals surface area contributed by atoms with Gasteiger partial charge in [0.25, 0.3) is 11.8 Å². The third kappa shape index (κ3) is 7.15. The minimum atomic E-state index is -0.132. The maximum Gasteiger partial charge on any atom is 0.261 e. The van der Waals surface area contributed by atoms with Gasteiger partial charge in [0.05, 0.1) is 11.1 Å². The molecule has 0 aliphatic carbocycles. The predicted octanol–water partition coefficient (Wildman–Crippen LogP) is 5.07. The average molecular weight is 430 g/mol. The van der Waals surface area contributed by atoms with Crippen molar-refractivity contribution in [3.8, 4) is 0 Å². The second-order valence-electron chi connectivity index (χ2n) is 8.74. The van der Waals surface area contributed by atoms with Gasteiger partial charge in [0.15, 0.2) is 0 Å². The summed E-state index contributed by atoms with van der Waals surface area (Å²) in [5.41, 5.74) is 1.11. The van der Waals surface area contributed by atoms with Crippen LogP contribution in [-0.4, -0.2) is 71.8 Å². The van der Waals surface area contributed by atoms with E-state index in [0.29, 0.717) is 23.7 Å². The van der Waals surface area contributed by atoms with Gasteiger partial charge in [-0.3, -0.25) is 19.4 Å². The Morgan fingerprint density at radius 2 is 1.35 bits per heavy atom. The van der Waals surface area contributed by atoms with Crippen molar-refractivity contribution in [2.24, 2.45) is 0 Å². The minimum Gasteiger partial charge on any atom is -0.302 e. The number of hydrogen-bond donors (Lipinski definition) is 0. The highest BCUT2D eigenvalue weighted by atomic mass is 16.2. The molecule has 0 saturated carbocycles. The summed E-state index contributed by atoms with van der Waals surface area (Å²) >= 11 is 0. The number of carbonyl (C=O) groups excluding carboxylic acids is 2. The Labute approximate surface area is 189 Å². The van der Waals surface area contributed by atoms with E-state index in [2.05, 4.69) is 37.5 Å². The predicted molar refractivity (Wildman–Crippen MR) is 129 cm³/mol. The lowest BCUT2D eigenvalue weighted by Gasteiger charge is -2.33. The molecule has 0 spiro atoms. The third-order valence-corrected chi connectivity index (χ3v) is 6.33. The van der Waals surface area contributed by atoms with Gasteiger partial charge in [0.1, 0.15) is 0 Å². The second-order valence-corrected chi connectivity index (χ2v) is 8.74. The molecule has 0 aromatic heterocycles. The fourth-order valence-electron chi connectivity index (χ4n) is 4.74. The smallest absolute Gasteiger partial charge is 0.261 e. The Hall–Kier alpha value is -1.72. The number of nitrogens with zero attached hydrogens (tertiary/aromatic N) is 3. The molecule has 0 fully saturated rings. The van der Waals surface area contributed by atoms with Crippen molar-refractivity contribution in [2.45, 2.75) is 78.7 Å². The maximum absolute atomic E-state index is 12.5. The van der Waals surface area contributed by atoms with Gasteiger partial charge in [-0.05, 0) is 70.3 Å². The van der Waals surface area contributed by atoms with E-state index in [4.69, 9.17) is 0 Å². The molecule has 1 aliphatic rings. The van der Waals surface area contributed by atoms with Crippen molar-refractivity contribution in [2.75, 3.05) is 39.3 Å². The molecule has 0 saturated heterocycles. The Morgan fingerprint density at radius 1 is 0.774 bits per heavy atom. The largest absolute Gasteiger partial charge is 0.302 e. The summed E-state index contributed by atoms with van der Waals surface area (Å²) in [4.78, 5) is 31.8. The molecule has 2 rings (SSSR count). The zero-order chi connectivity index (χ0) is 22.6. The lowest BCUT2D eigenvalue weighted by atomic mass is 10.0. The van der Waals surface area contributed by atoms with Crippen molar-refractivity contribution in [1.82, 2.24) is 14.7 Å². The molecule has 1 aromatic carbocycles. The van der Waals surface area contributed by atoms with Gasteiger partial charge in [0.2, 0.25) is 0 Å². The number of amides is 2. The van der Waals surface area contributed by atoms with Crippen LogP contribution in [0.15, 0.2) is 24.3 Å². The average Bonchev–Trinajstić information content (AvgIpc) is 3.02. The fourth-order valence-corrected chi connectivity index (χ4v) is 4.74. The third-order valence-electron chi connectivity index (χ3n) is 6.33. The monoisotopic (exact) mass is 429 g/mol. The van der Waals surface area contributed by atoms with E-state index in [1.54, 1.807) is 12.1 Å². The second kappa shape index (κ2) is 13.6. The van der Waals surface area contributed by atoms with Gasteiger partial charge in [0, 0.05) is 25.7 Å². The van der Waals surface area contributed by atoms with Crippen LogP contribution in [0, 0.1) is 0 Å². The van der Waals surface area contributed by atoms with Crippen molar-refractivity contribution < 1.29 is 9.59 Å². The van der Waals surface area contributed by atoms with Crippen molar-refractivity contribution in [1.29, 1.82) is 0 Å². The summed E-state index contributed by atoms with van der Waals surface area (Å²) in [5.74, 6) is -0.264. The molecule has 1 aromatic rings. The van der Waals surface area contributed by atoms with E-state index < -0.39 is 0 Å². The molecule has 1 aliphatic heterocycles. The minimum absolute atomic E-state index is 0.132.